The van der Waals surface area contributed by atoms with Gasteiger partial charge in [-0.1, -0.05) is 32.9 Å². The van der Waals surface area contributed by atoms with Crippen molar-refractivity contribution in [1.82, 2.24) is 19.3 Å². The second kappa shape index (κ2) is 10.0. The molecule has 2 amide bonds. The third kappa shape index (κ3) is 5.16. The van der Waals surface area contributed by atoms with E-state index in [2.05, 4.69) is 36.1 Å². The van der Waals surface area contributed by atoms with Gasteiger partial charge in [0, 0.05) is 47.8 Å². The number of rotatable bonds is 4. The number of anilines is 1. The number of likely N-dealkylation sites (tertiary alicyclic amines) is 1. The number of carbonyl (C=O) groups is 2. The molecule has 0 bridgehead atoms. The first-order valence-electron chi connectivity index (χ1n) is 12.9. The van der Waals surface area contributed by atoms with Gasteiger partial charge in [0.2, 0.25) is 0 Å². The number of aromatic nitrogens is 3. The van der Waals surface area contributed by atoms with E-state index in [0.717, 1.165) is 18.5 Å². The molecular formula is C30H32FN5O2. The topological polar surface area (TPSA) is 79.6 Å². The molecule has 0 atom stereocenters. The molecular weight excluding hydrogens is 481 g/mol. The minimum absolute atomic E-state index is 0.0528. The Hall–Kier alpha value is -4.07. The largest absolute Gasteiger partial charge is 0.339 e. The Bertz CT molecular complexity index is 1500. The van der Waals surface area contributed by atoms with Gasteiger partial charge in [-0.2, -0.15) is 0 Å². The average molecular weight is 514 g/mol. The summed E-state index contributed by atoms with van der Waals surface area (Å²) in [6, 6.07) is 14.4. The van der Waals surface area contributed by atoms with E-state index < -0.39 is 5.82 Å². The lowest BCUT2D eigenvalue weighted by atomic mass is 9.88. The molecule has 0 unspecified atom stereocenters. The third-order valence-corrected chi connectivity index (χ3v) is 7.17. The lowest BCUT2D eigenvalue weighted by Gasteiger charge is -2.32. The van der Waals surface area contributed by atoms with Crippen molar-refractivity contribution in [3.8, 4) is 0 Å². The van der Waals surface area contributed by atoms with Crippen molar-refractivity contribution in [3.05, 3.63) is 95.0 Å². The second-order valence-corrected chi connectivity index (χ2v) is 10.9. The van der Waals surface area contributed by atoms with Crippen molar-refractivity contribution in [2.45, 2.75) is 51.9 Å². The van der Waals surface area contributed by atoms with Gasteiger partial charge in [-0.3, -0.25) is 19.0 Å². The molecule has 3 aromatic heterocycles. The van der Waals surface area contributed by atoms with Gasteiger partial charge in [-0.05, 0) is 67.6 Å². The van der Waals surface area contributed by atoms with Gasteiger partial charge in [-0.15, -0.1) is 0 Å². The predicted molar refractivity (Wildman–Crippen MR) is 145 cm³/mol. The monoisotopic (exact) mass is 513 g/mol. The molecule has 4 aromatic rings. The Labute approximate surface area is 221 Å². The highest BCUT2D eigenvalue weighted by Gasteiger charge is 2.26. The molecule has 0 saturated carbocycles. The Morgan fingerprint density at radius 3 is 2.42 bits per heavy atom. The zero-order chi connectivity index (χ0) is 27.0. The average Bonchev–Trinajstić information content (AvgIpc) is 3.23. The van der Waals surface area contributed by atoms with E-state index in [1.807, 2.05) is 35.2 Å². The number of piperidine rings is 1. The first-order chi connectivity index (χ1) is 18.1. The number of hydrogen-bond acceptors (Lipinski definition) is 4. The summed E-state index contributed by atoms with van der Waals surface area (Å²) in [5.41, 5.74) is 4.69. The standard InChI is InChI=1S/C30H32FN5O2/c1-19-27(36-18-23(31)7-10-26(36)33-19)28(37)34-24-8-5-20(6-9-24)21-12-15-35(16-13-21)29(38)22-11-14-32-25(17-22)30(2,3)4/h5-11,14,17-18,21H,12-13,15-16H2,1-4H3,(H,34,37). The molecule has 7 nitrogen and oxygen atoms in total. The van der Waals surface area contributed by atoms with Crippen LogP contribution in [-0.4, -0.2) is 44.2 Å². The van der Waals surface area contributed by atoms with Gasteiger partial charge in [0.15, 0.2) is 0 Å². The number of nitrogens with zero attached hydrogens (tertiary/aromatic N) is 4. The number of fused-ring (bicyclic) bond motifs is 1. The van der Waals surface area contributed by atoms with Crippen molar-refractivity contribution in [2.75, 3.05) is 18.4 Å². The van der Waals surface area contributed by atoms with Gasteiger partial charge in [0.05, 0.1) is 5.69 Å². The molecule has 0 spiro atoms. The van der Waals surface area contributed by atoms with Gasteiger partial charge in [-0.25, -0.2) is 9.37 Å². The molecule has 1 aliphatic rings. The van der Waals surface area contributed by atoms with E-state index in [1.165, 1.54) is 22.2 Å². The molecule has 8 heteroatoms. The Morgan fingerprint density at radius 2 is 1.74 bits per heavy atom. The molecule has 0 radical (unpaired) electrons. The maximum absolute atomic E-state index is 13.7. The smallest absolute Gasteiger partial charge is 0.274 e. The van der Waals surface area contributed by atoms with E-state index in [-0.39, 0.29) is 17.2 Å². The van der Waals surface area contributed by atoms with Crippen LogP contribution in [0.1, 0.15) is 77.3 Å². The molecule has 1 fully saturated rings. The van der Waals surface area contributed by atoms with Crippen LogP contribution in [0.2, 0.25) is 0 Å². The fourth-order valence-electron chi connectivity index (χ4n) is 5.01. The highest BCUT2D eigenvalue weighted by molar-refractivity contribution is 6.04. The van der Waals surface area contributed by atoms with Gasteiger partial charge in [0.25, 0.3) is 11.8 Å². The lowest BCUT2D eigenvalue weighted by Crippen LogP contribution is -2.38. The minimum atomic E-state index is -0.434. The molecule has 5 rings (SSSR count). The number of halogens is 1. The fourth-order valence-corrected chi connectivity index (χ4v) is 5.01. The molecule has 196 valence electrons. The quantitative estimate of drug-likeness (QED) is 0.377. The summed E-state index contributed by atoms with van der Waals surface area (Å²) in [4.78, 5) is 36.8. The SMILES string of the molecule is Cc1nc2ccc(F)cn2c1C(=O)Nc1ccc(C2CCN(C(=O)c3ccnc(C(C)(C)C)c3)CC2)cc1. The number of amides is 2. The van der Waals surface area contributed by atoms with E-state index >= 15 is 0 Å². The van der Waals surface area contributed by atoms with Gasteiger partial charge < -0.3 is 10.2 Å². The second-order valence-electron chi connectivity index (χ2n) is 10.9. The van der Waals surface area contributed by atoms with Crippen molar-refractivity contribution in [2.24, 2.45) is 0 Å². The van der Waals surface area contributed by atoms with Gasteiger partial charge >= 0.3 is 0 Å². The number of nitrogens with one attached hydrogen (secondary N) is 1. The van der Waals surface area contributed by atoms with Crippen LogP contribution in [0.15, 0.2) is 60.9 Å². The normalized spacial score (nSPS) is 14.6. The Morgan fingerprint density at radius 1 is 1.03 bits per heavy atom. The van der Waals surface area contributed by atoms with E-state index in [0.29, 0.717) is 47.3 Å². The summed E-state index contributed by atoms with van der Waals surface area (Å²) in [5.74, 6) is -0.380. The molecule has 4 heterocycles. The summed E-state index contributed by atoms with van der Waals surface area (Å²) in [6.45, 7) is 9.39. The molecule has 38 heavy (non-hydrogen) atoms. The van der Waals surface area contributed by atoms with Crippen molar-refractivity contribution >= 4 is 23.1 Å². The van der Waals surface area contributed by atoms with E-state index in [1.54, 1.807) is 25.3 Å². The highest BCUT2D eigenvalue weighted by Crippen LogP contribution is 2.30. The van der Waals surface area contributed by atoms with Crippen LogP contribution in [0.25, 0.3) is 5.65 Å². The van der Waals surface area contributed by atoms with Crippen LogP contribution in [0, 0.1) is 12.7 Å². The maximum Gasteiger partial charge on any atom is 0.274 e. The summed E-state index contributed by atoms with van der Waals surface area (Å²) in [5, 5.41) is 2.90. The van der Waals surface area contributed by atoms with Crippen molar-refractivity contribution < 1.29 is 14.0 Å². The maximum atomic E-state index is 13.7. The number of benzene rings is 1. The van der Waals surface area contributed by atoms with Crippen molar-refractivity contribution in [3.63, 3.8) is 0 Å². The number of aryl methyl sites for hydroxylation is 1. The highest BCUT2D eigenvalue weighted by atomic mass is 19.1. The zero-order valence-corrected chi connectivity index (χ0v) is 22.2. The zero-order valence-electron chi connectivity index (χ0n) is 22.2. The lowest BCUT2D eigenvalue weighted by molar-refractivity contribution is 0.0712. The summed E-state index contributed by atoms with van der Waals surface area (Å²) >= 11 is 0. The summed E-state index contributed by atoms with van der Waals surface area (Å²) in [7, 11) is 0. The predicted octanol–water partition coefficient (Wildman–Crippen LogP) is 5.75. The number of pyridine rings is 2. The number of carbonyl (C=O) groups excluding carboxylic acids is 2. The van der Waals surface area contributed by atoms with Crippen LogP contribution in [0.3, 0.4) is 0 Å². The Kier molecular flexibility index (Phi) is 6.73. The fraction of sp³-hybridized carbons (Fsp3) is 0.333. The van der Waals surface area contributed by atoms with E-state index in [4.69, 9.17) is 0 Å². The first kappa shape index (κ1) is 25.6. The first-order valence-corrected chi connectivity index (χ1v) is 12.9. The van der Waals surface area contributed by atoms with Crippen LogP contribution in [0.5, 0.6) is 0 Å². The van der Waals surface area contributed by atoms with Crippen LogP contribution in [-0.2, 0) is 5.41 Å². The third-order valence-electron chi connectivity index (χ3n) is 7.17. The Balaban J connectivity index is 1.21. The minimum Gasteiger partial charge on any atom is -0.339 e. The molecule has 1 aliphatic heterocycles. The molecule has 1 aromatic carbocycles. The van der Waals surface area contributed by atoms with Gasteiger partial charge in [0.1, 0.15) is 17.2 Å². The van der Waals surface area contributed by atoms with Crippen LogP contribution >= 0.6 is 0 Å². The summed E-state index contributed by atoms with van der Waals surface area (Å²) < 4.78 is 15.2. The van der Waals surface area contributed by atoms with E-state index in [9.17, 15) is 14.0 Å². The summed E-state index contributed by atoms with van der Waals surface area (Å²) in [6.07, 6.45) is 4.74. The van der Waals surface area contributed by atoms with Crippen LogP contribution in [0.4, 0.5) is 10.1 Å². The molecule has 1 saturated heterocycles. The number of hydrogen-bond donors (Lipinski definition) is 1. The van der Waals surface area contributed by atoms with Crippen LogP contribution < -0.4 is 5.32 Å². The molecule has 1 N–H and O–H groups in total. The molecule has 0 aliphatic carbocycles. The van der Waals surface area contributed by atoms with Crippen molar-refractivity contribution in [1.29, 1.82) is 0 Å². The number of imidazole rings is 1.